The van der Waals surface area contributed by atoms with Crippen molar-refractivity contribution in [3.63, 3.8) is 0 Å². The third kappa shape index (κ3) is 1.59. The molecule has 4 heteroatoms. The van der Waals surface area contributed by atoms with Crippen LogP contribution in [-0.2, 0) is 6.42 Å². The van der Waals surface area contributed by atoms with Crippen LogP contribution in [0.3, 0.4) is 0 Å². The molecule has 2 rings (SSSR count). The van der Waals surface area contributed by atoms with Crippen LogP contribution in [0.15, 0.2) is 35.0 Å². The van der Waals surface area contributed by atoms with E-state index in [1.165, 1.54) is 0 Å². The van der Waals surface area contributed by atoms with E-state index in [0.29, 0.717) is 22.7 Å². The summed E-state index contributed by atoms with van der Waals surface area (Å²) in [6.45, 7) is 1.70. The van der Waals surface area contributed by atoms with Gasteiger partial charge < -0.3 is 5.21 Å². The van der Waals surface area contributed by atoms with Crippen molar-refractivity contribution in [1.82, 2.24) is 5.16 Å². The quantitative estimate of drug-likeness (QED) is 0.669. The molecule has 0 atom stereocenters. The molecule has 0 aliphatic heterocycles. The van der Waals surface area contributed by atoms with Crippen molar-refractivity contribution in [2.45, 2.75) is 13.3 Å². The van der Waals surface area contributed by atoms with Gasteiger partial charge in [0, 0.05) is 18.5 Å². The second kappa shape index (κ2) is 3.49. The third-order valence-electron chi connectivity index (χ3n) is 2.13. The van der Waals surface area contributed by atoms with Gasteiger partial charge in [-0.15, -0.1) is 0 Å². The van der Waals surface area contributed by atoms with Gasteiger partial charge in [0.05, 0.1) is 0 Å². The first kappa shape index (κ1) is 8.74. The molecular formula is C10H10N2O2. The van der Waals surface area contributed by atoms with E-state index in [0.717, 1.165) is 5.56 Å². The van der Waals surface area contributed by atoms with Gasteiger partial charge in [0.25, 0.3) is 0 Å². The Morgan fingerprint density at radius 1 is 1.36 bits per heavy atom. The Hall–Kier alpha value is -1.84. The Kier molecular flexibility index (Phi) is 2.18. The van der Waals surface area contributed by atoms with Gasteiger partial charge in [0.15, 0.2) is 5.69 Å². The Morgan fingerprint density at radius 2 is 2.07 bits per heavy atom. The fourth-order valence-electron chi connectivity index (χ4n) is 1.27. The van der Waals surface area contributed by atoms with Crippen LogP contribution in [0.4, 0.5) is 0 Å². The smallest absolute Gasteiger partial charge is 0.225 e. The zero-order valence-electron chi connectivity index (χ0n) is 7.80. The maximum Gasteiger partial charge on any atom is 0.225 e. The summed E-state index contributed by atoms with van der Waals surface area (Å²) in [4.78, 5) is 0.429. The van der Waals surface area contributed by atoms with Gasteiger partial charge in [0.1, 0.15) is 0 Å². The van der Waals surface area contributed by atoms with E-state index in [1.54, 1.807) is 6.92 Å². The molecule has 0 fully saturated rings. The van der Waals surface area contributed by atoms with Crippen LogP contribution in [-0.4, -0.2) is 5.16 Å². The van der Waals surface area contributed by atoms with Gasteiger partial charge in [-0.3, -0.25) is 4.63 Å². The molecule has 0 unspecified atom stereocenters. The first-order valence-electron chi connectivity index (χ1n) is 4.36. The summed E-state index contributed by atoms with van der Waals surface area (Å²) in [6, 6.07) is 9.84. The fourth-order valence-corrected chi connectivity index (χ4v) is 1.27. The Labute approximate surface area is 81.3 Å². The number of rotatable bonds is 2. The molecule has 4 nitrogen and oxygen atoms in total. The molecule has 72 valence electrons. The number of hydrogen-bond acceptors (Lipinski definition) is 3. The zero-order valence-corrected chi connectivity index (χ0v) is 7.80. The molecule has 0 bridgehead atoms. The molecule has 0 saturated carbocycles. The number of nitrogens with zero attached hydrogens (tertiary/aromatic N) is 2. The predicted molar refractivity (Wildman–Crippen MR) is 49.4 cm³/mol. The summed E-state index contributed by atoms with van der Waals surface area (Å²) in [5.41, 5.74) is 2.32. The molecule has 0 radical (unpaired) electrons. The van der Waals surface area contributed by atoms with E-state index in [1.807, 2.05) is 30.3 Å². The van der Waals surface area contributed by atoms with E-state index in [4.69, 9.17) is 0 Å². The monoisotopic (exact) mass is 190 g/mol. The largest absolute Gasteiger partial charge is 0.359 e. The first-order chi connectivity index (χ1) is 6.77. The molecule has 1 heterocycles. The standard InChI is InChI=1S/C10H10N2O2/c1-8-10(11-14-12(8)13)7-9-5-3-2-4-6-9/h2-6H,7H2,1H3. The van der Waals surface area contributed by atoms with Crippen LogP contribution >= 0.6 is 0 Å². The molecule has 0 N–H and O–H groups in total. The zero-order chi connectivity index (χ0) is 9.97. The molecule has 1 aromatic carbocycles. The Bertz CT molecular complexity index is 423. The molecule has 14 heavy (non-hydrogen) atoms. The molecule has 2 aromatic rings. The van der Waals surface area contributed by atoms with Gasteiger partial charge in [-0.2, -0.15) is 0 Å². The SMILES string of the molecule is Cc1c(Cc2ccccc2)no[n+]1[O-]. The molecule has 0 aliphatic rings. The summed E-state index contributed by atoms with van der Waals surface area (Å²) in [5, 5.41) is 14.6. The minimum absolute atomic E-state index is 0.429. The van der Waals surface area contributed by atoms with E-state index >= 15 is 0 Å². The second-order valence-corrected chi connectivity index (χ2v) is 3.12. The summed E-state index contributed by atoms with van der Waals surface area (Å²) in [5.74, 6) is 0. The van der Waals surface area contributed by atoms with E-state index < -0.39 is 0 Å². The Morgan fingerprint density at radius 3 is 2.64 bits per heavy atom. The van der Waals surface area contributed by atoms with Gasteiger partial charge in [-0.1, -0.05) is 30.3 Å². The molecule has 0 spiro atoms. The normalized spacial score (nSPS) is 10.4. The van der Waals surface area contributed by atoms with E-state index in [9.17, 15) is 5.21 Å². The van der Waals surface area contributed by atoms with Crippen LogP contribution in [0.25, 0.3) is 0 Å². The van der Waals surface area contributed by atoms with Crippen LogP contribution in [0.1, 0.15) is 17.0 Å². The van der Waals surface area contributed by atoms with Gasteiger partial charge in [-0.25, -0.2) is 0 Å². The lowest BCUT2D eigenvalue weighted by Gasteiger charge is -1.93. The highest BCUT2D eigenvalue weighted by atomic mass is 16.8. The summed E-state index contributed by atoms with van der Waals surface area (Å²) < 4.78 is 4.48. The minimum Gasteiger partial charge on any atom is -0.359 e. The van der Waals surface area contributed by atoms with Gasteiger partial charge in [-0.05, 0) is 10.5 Å². The third-order valence-corrected chi connectivity index (χ3v) is 2.13. The molecule has 0 aliphatic carbocycles. The van der Waals surface area contributed by atoms with Crippen LogP contribution in [0.2, 0.25) is 0 Å². The maximum atomic E-state index is 10.9. The fraction of sp³-hybridized carbons (Fsp3) is 0.200. The lowest BCUT2D eigenvalue weighted by Crippen LogP contribution is -2.26. The van der Waals surface area contributed by atoms with Crippen LogP contribution < -0.4 is 4.90 Å². The summed E-state index contributed by atoms with van der Waals surface area (Å²) >= 11 is 0. The van der Waals surface area contributed by atoms with Crippen LogP contribution in [0, 0.1) is 12.1 Å². The molecular weight excluding hydrogens is 180 g/mol. The topological polar surface area (TPSA) is 53.0 Å². The average molecular weight is 190 g/mol. The van der Waals surface area contributed by atoms with Crippen molar-refractivity contribution in [3.8, 4) is 0 Å². The lowest BCUT2D eigenvalue weighted by molar-refractivity contribution is -0.806. The van der Waals surface area contributed by atoms with E-state index in [2.05, 4.69) is 9.79 Å². The van der Waals surface area contributed by atoms with Gasteiger partial charge in [0.2, 0.25) is 5.69 Å². The molecule has 0 amide bonds. The highest BCUT2D eigenvalue weighted by molar-refractivity contribution is 5.21. The van der Waals surface area contributed by atoms with Crippen molar-refractivity contribution in [3.05, 3.63) is 52.5 Å². The van der Waals surface area contributed by atoms with Crippen LogP contribution in [0.5, 0.6) is 0 Å². The minimum atomic E-state index is 0.429. The summed E-state index contributed by atoms with van der Waals surface area (Å²) in [7, 11) is 0. The van der Waals surface area contributed by atoms with Crippen molar-refractivity contribution < 1.29 is 9.53 Å². The summed E-state index contributed by atoms with van der Waals surface area (Å²) in [6.07, 6.45) is 0.630. The highest BCUT2D eigenvalue weighted by Gasteiger charge is 2.13. The highest BCUT2D eigenvalue weighted by Crippen LogP contribution is 2.08. The maximum absolute atomic E-state index is 10.9. The molecule has 0 saturated heterocycles. The van der Waals surface area contributed by atoms with E-state index in [-0.39, 0.29) is 0 Å². The molecule has 1 aromatic heterocycles. The van der Waals surface area contributed by atoms with Crippen molar-refractivity contribution >= 4 is 0 Å². The van der Waals surface area contributed by atoms with Gasteiger partial charge >= 0.3 is 0 Å². The average Bonchev–Trinajstić information content (AvgIpc) is 2.52. The Balaban J connectivity index is 2.23. The number of hydrogen-bond donors (Lipinski definition) is 0. The second-order valence-electron chi connectivity index (χ2n) is 3.12. The van der Waals surface area contributed by atoms with Crippen molar-refractivity contribution in [1.29, 1.82) is 0 Å². The number of aromatic nitrogens is 2. The predicted octanol–water partition coefficient (Wildman–Crippen LogP) is 1.21. The number of benzene rings is 1. The van der Waals surface area contributed by atoms with Crippen molar-refractivity contribution in [2.75, 3.05) is 0 Å². The van der Waals surface area contributed by atoms with Crippen molar-refractivity contribution in [2.24, 2.45) is 0 Å². The first-order valence-corrected chi connectivity index (χ1v) is 4.36. The lowest BCUT2D eigenvalue weighted by atomic mass is 10.1.